The van der Waals surface area contributed by atoms with Gasteiger partial charge in [-0.15, -0.1) is 0 Å². The zero-order valence-corrected chi connectivity index (χ0v) is 15.8. The highest BCUT2D eigenvalue weighted by Crippen LogP contribution is 2.25. The fraction of sp³-hybridized carbons (Fsp3) is 0.381. The van der Waals surface area contributed by atoms with Gasteiger partial charge in [0.05, 0.1) is 5.92 Å². The average molecular weight is 366 g/mol. The Morgan fingerprint density at radius 2 is 1.93 bits per heavy atom. The van der Waals surface area contributed by atoms with Gasteiger partial charge < -0.3 is 16.0 Å². The smallest absolute Gasteiger partial charge is 0.246 e. The third-order valence-electron chi connectivity index (χ3n) is 5.04. The van der Waals surface area contributed by atoms with Crippen molar-refractivity contribution in [3.8, 4) is 0 Å². The Morgan fingerprint density at radius 1 is 1.19 bits per heavy atom. The lowest BCUT2D eigenvalue weighted by molar-refractivity contribution is -0.139. The number of rotatable bonds is 4. The van der Waals surface area contributed by atoms with E-state index in [4.69, 9.17) is 5.73 Å². The number of anilines is 1. The molecule has 0 saturated carbocycles. The van der Waals surface area contributed by atoms with Crippen LogP contribution in [0.15, 0.2) is 48.5 Å². The lowest BCUT2D eigenvalue weighted by atomic mass is 9.89. The summed E-state index contributed by atoms with van der Waals surface area (Å²) in [6.07, 6.45) is 1.52. The van der Waals surface area contributed by atoms with Gasteiger partial charge in [-0.3, -0.25) is 9.59 Å². The zero-order chi connectivity index (χ0) is 19.4. The number of nitrogens with one attached hydrogen (secondary N) is 1. The van der Waals surface area contributed by atoms with E-state index in [-0.39, 0.29) is 17.7 Å². The van der Waals surface area contributed by atoms with Crippen LogP contribution in [0.3, 0.4) is 0 Å². The minimum absolute atomic E-state index is 0.107. The van der Waals surface area contributed by atoms with Crippen LogP contribution in [-0.4, -0.2) is 34.8 Å². The molecular formula is C21H26N4O2. The van der Waals surface area contributed by atoms with Gasteiger partial charge >= 0.3 is 0 Å². The molecule has 1 aliphatic rings. The first-order valence-electron chi connectivity index (χ1n) is 9.26. The van der Waals surface area contributed by atoms with Crippen molar-refractivity contribution in [2.24, 2.45) is 11.7 Å². The molecule has 2 aromatic rings. The quantitative estimate of drug-likeness (QED) is 0.870. The van der Waals surface area contributed by atoms with E-state index in [1.165, 1.54) is 0 Å². The molecule has 142 valence electrons. The monoisotopic (exact) mass is 366 g/mol. The maximum Gasteiger partial charge on any atom is 0.246 e. The number of amides is 2. The number of aromatic nitrogens is 1. The Kier molecular flexibility index (Phi) is 5.56. The molecule has 27 heavy (non-hydrogen) atoms. The van der Waals surface area contributed by atoms with Gasteiger partial charge in [0.1, 0.15) is 11.4 Å². The van der Waals surface area contributed by atoms with E-state index in [2.05, 4.69) is 10.3 Å². The lowest BCUT2D eigenvalue weighted by Crippen LogP contribution is -2.54. The van der Waals surface area contributed by atoms with Crippen molar-refractivity contribution in [1.82, 2.24) is 9.88 Å². The molecule has 2 amide bonds. The minimum Gasteiger partial charge on any atom is -0.340 e. The summed E-state index contributed by atoms with van der Waals surface area (Å²) in [5.74, 6) is 0.0110. The molecular weight excluding hydrogens is 340 g/mol. The highest BCUT2D eigenvalue weighted by molar-refractivity contribution is 5.93. The second-order valence-electron chi connectivity index (χ2n) is 7.31. The number of likely N-dealkylation sites (tertiary alicyclic amines) is 1. The van der Waals surface area contributed by atoms with Crippen molar-refractivity contribution >= 4 is 17.6 Å². The standard InChI is InChI=1S/C21H26N4O2/c1-15-8-6-12-18(23-15)24-19(26)16-9-7-13-25(14-16)20(27)21(2,22)17-10-4-3-5-11-17/h3-6,8,10-12,16H,7,9,13-14,22H2,1-2H3,(H,23,24,26). The van der Waals surface area contributed by atoms with Crippen LogP contribution in [0.1, 0.15) is 31.0 Å². The van der Waals surface area contributed by atoms with Gasteiger partial charge in [-0.1, -0.05) is 36.4 Å². The molecule has 6 heteroatoms. The summed E-state index contributed by atoms with van der Waals surface area (Å²) in [4.78, 5) is 31.7. The first kappa shape index (κ1) is 19.0. The topological polar surface area (TPSA) is 88.3 Å². The number of nitrogens with two attached hydrogens (primary N) is 1. The van der Waals surface area contributed by atoms with Crippen LogP contribution in [0.25, 0.3) is 0 Å². The van der Waals surface area contributed by atoms with Gasteiger partial charge in [-0.25, -0.2) is 4.98 Å². The third kappa shape index (κ3) is 4.34. The zero-order valence-electron chi connectivity index (χ0n) is 15.8. The van der Waals surface area contributed by atoms with Crippen LogP contribution in [0.5, 0.6) is 0 Å². The number of benzene rings is 1. The maximum absolute atomic E-state index is 13.0. The summed E-state index contributed by atoms with van der Waals surface area (Å²) in [5.41, 5.74) is 6.87. The number of hydrogen-bond donors (Lipinski definition) is 2. The van der Waals surface area contributed by atoms with E-state index in [9.17, 15) is 9.59 Å². The van der Waals surface area contributed by atoms with Crippen LogP contribution in [-0.2, 0) is 15.1 Å². The highest BCUT2D eigenvalue weighted by atomic mass is 16.2. The van der Waals surface area contributed by atoms with Gasteiger partial charge in [0.15, 0.2) is 0 Å². The van der Waals surface area contributed by atoms with Crippen molar-refractivity contribution in [2.75, 3.05) is 18.4 Å². The first-order valence-corrected chi connectivity index (χ1v) is 9.26. The third-order valence-corrected chi connectivity index (χ3v) is 5.04. The number of nitrogens with zero attached hydrogens (tertiary/aromatic N) is 2. The van der Waals surface area contributed by atoms with Crippen molar-refractivity contribution in [3.05, 3.63) is 59.8 Å². The van der Waals surface area contributed by atoms with Crippen LogP contribution in [0.4, 0.5) is 5.82 Å². The molecule has 0 aliphatic carbocycles. The molecule has 3 N–H and O–H groups in total. The first-order chi connectivity index (χ1) is 12.9. The second kappa shape index (κ2) is 7.88. The van der Waals surface area contributed by atoms with Gasteiger partial charge in [-0.2, -0.15) is 0 Å². The Hall–Kier alpha value is -2.73. The molecule has 1 aromatic carbocycles. The predicted octanol–water partition coefficient (Wildman–Crippen LogP) is 2.44. The largest absolute Gasteiger partial charge is 0.340 e. The van der Waals surface area contributed by atoms with Gasteiger partial charge in [-0.05, 0) is 44.4 Å². The number of aryl methyl sites for hydroxylation is 1. The van der Waals surface area contributed by atoms with Crippen molar-refractivity contribution in [1.29, 1.82) is 0 Å². The van der Waals surface area contributed by atoms with Crippen LogP contribution < -0.4 is 11.1 Å². The SMILES string of the molecule is Cc1cccc(NC(=O)C2CCCN(C(=O)C(C)(N)c3ccccc3)C2)n1. The summed E-state index contributed by atoms with van der Waals surface area (Å²) in [6.45, 7) is 4.59. The summed E-state index contributed by atoms with van der Waals surface area (Å²) in [6, 6.07) is 14.8. The van der Waals surface area contributed by atoms with Crippen molar-refractivity contribution < 1.29 is 9.59 Å². The number of piperidine rings is 1. The Bertz CT molecular complexity index is 820. The Morgan fingerprint density at radius 3 is 2.63 bits per heavy atom. The van der Waals surface area contributed by atoms with Gasteiger partial charge in [0.25, 0.3) is 0 Å². The maximum atomic E-state index is 13.0. The molecule has 1 fully saturated rings. The van der Waals surface area contributed by atoms with E-state index in [1.54, 1.807) is 17.9 Å². The summed E-state index contributed by atoms with van der Waals surface area (Å²) in [5, 5.41) is 2.86. The molecule has 2 heterocycles. The Balaban J connectivity index is 1.68. The summed E-state index contributed by atoms with van der Waals surface area (Å²) >= 11 is 0. The summed E-state index contributed by atoms with van der Waals surface area (Å²) in [7, 11) is 0. The number of hydrogen-bond acceptors (Lipinski definition) is 4. The molecule has 1 aliphatic heterocycles. The molecule has 6 nitrogen and oxygen atoms in total. The molecule has 0 radical (unpaired) electrons. The molecule has 0 bridgehead atoms. The molecule has 0 spiro atoms. The van der Waals surface area contributed by atoms with E-state index in [0.29, 0.717) is 18.9 Å². The molecule has 2 atom stereocenters. The van der Waals surface area contributed by atoms with E-state index in [0.717, 1.165) is 24.1 Å². The van der Waals surface area contributed by atoms with Crippen molar-refractivity contribution in [3.63, 3.8) is 0 Å². The van der Waals surface area contributed by atoms with Crippen LogP contribution >= 0.6 is 0 Å². The predicted molar refractivity (Wildman–Crippen MR) is 105 cm³/mol. The lowest BCUT2D eigenvalue weighted by Gasteiger charge is -2.37. The molecule has 1 saturated heterocycles. The van der Waals surface area contributed by atoms with Crippen LogP contribution in [0.2, 0.25) is 0 Å². The normalized spacial score (nSPS) is 19.2. The highest BCUT2D eigenvalue weighted by Gasteiger charge is 2.37. The Labute approximate surface area is 159 Å². The number of pyridine rings is 1. The minimum atomic E-state index is -1.11. The van der Waals surface area contributed by atoms with E-state index < -0.39 is 5.54 Å². The van der Waals surface area contributed by atoms with Gasteiger partial charge in [0, 0.05) is 18.8 Å². The molecule has 1 aromatic heterocycles. The van der Waals surface area contributed by atoms with Gasteiger partial charge in [0.2, 0.25) is 11.8 Å². The van der Waals surface area contributed by atoms with Crippen LogP contribution in [0, 0.1) is 12.8 Å². The number of carbonyl (C=O) groups is 2. The van der Waals surface area contributed by atoms with E-state index >= 15 is 0 Å². The van der Waals surface area contributed by atoms with Crippen molar-refractivity contribution in [2.45, 2.75) is 32.2 Å². The number of carbonyl (C=O) groups excluding carboxylic acids is 2. The molecule has 3 rings (SSSR count). The summed E-state index contributed by atoms with van der Waals surface area (Å²) < 4.78 is 0. The fourth-order valence-electron chi connectivity index (χ4n) is 3.45. The second-order valence-corrected chi connectivity index (χ2v) is 7.31. The van der Waals surface area contributed by atoms with E-state index in [1.807, 2.05) is 49.4 Å². The fourth-order valence-corrected chi connectivity index (χ4v) is 3.45. The average Bonchev–Trinajstić information content (AvgIpc) is 2.68. The molecule has 2 unspecified atom stereocenters.